The number of aromatic amines is 1. The first-order valence-electron chi connectivity index (χ1n) is 12.9. The van der Waals surface area contributed by atoms with E-state index >= 15 is 4.39 Å². The third kappa shape index (κ3) is 5.20. The van der Waals surface area contributed by atoms with Crippen molar-refractivity contribution in [2.45, 2.75) is 64.2 Å². The van der Waals surface area contributed by atoms with Crippen LogP contribution in [0.25, 0.3) is 22.3 Å². The van der Waals surface area contributed by atoms with E-state index in [1.54, 1.807) is 26.0 Å². The second-order valence-electron chi connectivity index (χ2n) is 10.2. The van der Waals surface area contributed by atoms with E-state index in [0.29, 0.717) is 53.4 Å². The summed E-state index contributed by atoms with van der Waals surface area (Å²) < 4.78 is 36.3. The van der Waals surface area contributed by atoms with Crippen molar-refractivity contribution in [1.82, 2.24) is 25.6 Å². The molecule has 202 valence electrons. The summed E-state index contributed by atoms with van der Waals surface area (Å²) in [5.74, 6) is -0.661. The summed E-state index contributed by atoms with van der Waals surface area (Å²) in [7, 11) is 0. The normalized spacial score (nSPS) is 21.3. The fraction of sp³-hybridized carbons (Fsp3) is 0.481. The zero-order valence-corrected chi connectivity index (χ0v) is 21.3. The lowest BCUT2D eigenvalue weighted by Crippen LogP contribution is -2.50. The maximum atomic E-state index is 15.5. The number of fused-ring (bicyclic) bond motifs is 1. The van der Waals surface area contributed by atoms with Gasteiger partial charge in [0.05, 0.1) is 29.3 Å². The highest BCUT2D eigenvalue weighted by molar-refractivity contribution is 6.09. The van der Waals surface area contributed by atoms with Crippen LogP contribution in [0.15, 0.2) is 18.5 Å². The number of ether oxygens (including phenoxy) is 1. The van der Waals surface area contributed by atoms with E-state index in [0.717, 1.165) is 12.8 Å². The van der Waals surface area contributed by atoms with Crippen LogP contribution in [-0.2, 0) is 4.79 Å². The van der Waals surface area contributed by atoms with Crippen LogP contribution >= 0.6 is 0 Å². The van der Waals surface area contributed by atoms with E-state index in [1.165, 1.54) is 6.33 Å². The quantitative estimate of drug-likeness (QED) is 0.356. The van der Waals surface area contributed by atoms with E-state index in [2.05, 4.69) is 25.6 Å². The van der Waals surface area contributed by atoms with Crippen molar-refractivity contribution in [2.24, 2.45) is 5.92 Å². The smallest absolute Gasteiger partial charge is 0.255 e. The predicted molar refractivity (Wildman–Crippen MR) is 136 cm³/mol. The molecule has 0 unspecified atom stereocenters. The minimum atomic E-state index is -1.38. The maximum absolute atomic E-state index is 15.5. The molecule has 3 aromatic rings. The number of nitrogens with one attached hydrogen (secondary N) is 3. The number of amides is 2. The number of aryl methyl sites for hydroxylation is 2. The molecule has 2 saturated carbocycles. The number of alkyl halides is 1. The molecule has 2 aliphatic carbocycles. The molecule has 5 rings (SSSR count). The molecular weight excluding hydrogens is 496 g/mol. The number of halogens is 2. The monoisotopic (exact) mass is 527 g/mol. The first-order chi connectivity index (χ1) is 18.3. The van der Waals surface area contributed by atoms with Crippen LogP contribution in [0.1, 0.15) is 53.7 Å². The van der Waals surface area contributed by atoms with Gasteiger partial charge in [-0.05, 0) is 57.1 Å². The van der Waals surface area contributed by atoms with Gasteiger partial charge in [0, 0.05) is 18.2 Å². The predicted octanol–water partition coefficient (Wildman–Crippen LogP) is 3.27. The van der Waals surface area contributed by atoms with E-state index in [9.17, 15) is 14.0 Å². The van der Waals surface area contributed by atoms with Crippen LogP contribution in [0, 0.1) is 25.6 Å². The summed E-state index contributed by atoms with van der Waals surface area (Å²) in [6, 6.07) is 2.25. The Bertz CT molecular complexity index is 1370. The topological polar surface area (TPSA) is 129 Å². The number of carbonyl (C=O) groups is 2. The van der Waals surface area contributed by atoms with Gasteiger partial charge in [-0.3, -0.25) is 9.59 Å². The Morgan fingerprint density at radius 3 is 2.66 bits per heavy atom. The van der Waals surface area contributed by atoms with Gasteiger partial charge in [-0.2, -0.15) is 0 Å². The van der Waals surface area contributed by atoms with Gasteiger partial charge in [0.1, 0.15) is 41.9 Å². The van der Waals surface area contributed by atoms with Crippen LogP contribution in [0.4, 0.5) is 8.78 Å². The highest BCUT2D eigenvalue weighted by atomic mass is 19.1. The van der Waals surface area contributed by atoms with Crippen LogP contribution < -0.4 is 15.4 Å². The van der Waals surface area contributed by atoms with Crippen molar-refractivity contribution in [3.8, 4) is 17.0 Å². The molecule has 38 heavy (non-hydrogen) atoms. The van der Waals surface area contributed by atoms with Crippen molar-refractivity contribution < 1.29 is 28.2 Å². The summed E-state index contributed by atoms with van der Waals surface area (Å²) >= 11 is 0. The molecule has 2 amide bonds. The lowest BCUT2D eigenvalue weighted by molar-refractivity contribution is -0.124. The van der Waals surface area contributed by atoms with Gasteiger partial charge >= 0.3 is 0 Å². The Morgan fingerprint density at radius 1 is 1.16 bits per heavy atom. The fourth-order valence-electron chi connectivity index (χ4n) is 5.01. The molecule has 0 saturated heterocycles. The summed E-state index contributed by atoms with van der Waals surface area (Å²) in [5.41, 5.74) is 2.35. The average Bonchev–Trinajstić information content (AvgIpc) is 3.66. The molecule has 2 heterocycles. The Balaban J connectivity index is 1.42. The van der Waals surface area contributed by atoms with Crippen molar-refractivity contribution in [3.05, 3.63) is 41.1 Å². The molecule has 0 spiro atoms. The first-order valence-corrected chi connectivity index (χ1v) is 12.9. The number of rotatable bonds is 8. The third-order valence-corrected chi connectivity index (χ3v) is 7.30. The Morgan fingerprint density at radius 2 is 1.95 bits per heavy atom. The van der Waals surface area contributed by atoms with Gasteiger partial charge in [0.25, 0.3) is 5.91 Å². The van der Waals surface area contributed by atoms with Crippen molar-refractivity contribution in [1.29, 1.82) is 0 Å². The zero-order chi connectivity index (χ0) is 27.0. The molecule has 9 nitrogen and oxygen atoms in total. The zero-order valence-electron chi connectivity index (χ0n) is 21.3. The van der Waals surface area contributed by atoms with E-state index in [1.807, 2.05) is 0 Å². The lowest BCUT2D eigenvalue weighted by Gasteiger charge is -2.32. The van der Waals surface area contributed by atoms with E-state index < -0.39 is 42.5 Å². The molecule has 11 heteroatoms. The number of aromatic nitrogens is 3. The SMILES string of the molecule is Cc1ccc(OCC2CC2)c(-c2ncnc3c(C(=O)N[C@H]4CC[C@H](NC(=O)CO)C[C@H]4F)c(C)[nH]c23)c1F. The molecule has 2 aliphatic rings. The second-order valence-corrected chi connectivity index (χ2v) is 10.2. The summed E-state index contributed by atoms with van der Waals surface area (Å²) in [6.07, 6.45) is 2.91. The molecular formula is C27H31F2N5O4. The number of benzene rings is 1. The van der Waals surface area contributed by atoms with Gasteiger partial charge in [0.2, 0.25) is 5.91 Å². The number of aliphatic hydroxyl groups excluding tert-OH is 1. The number of H-pyrrole nitrogens is 1. The number of aliphatic hydroxyl groups is 1. The summed E-state index contributed by atoms with van der Waals surface area (Å²) in [6.45, 7) is 3.21. The number of carbonyl (C=O) groups excluding carboxylic acids is 2. The van der Waals surface area contributed by atoms with Gasteiger partial charge < -0.3 is 25.5 Å². The van der Waals surface area contributed by atoms with Crippen molar-refractivity contribution in [2.75, 3.05) is 13.2 Å². The van der Waals surface area contributed by atoms with Crippen LogP contribution in [0.3, 0.4) is 0 Å². The van der Waals surface area contributed by atoms with Gasteiger partial charge in [-0.1, -0.05) is 6.07 Å². The van der Waals surface area contributed by atoms with Crippen LogP contribution in [-0.4, -0.2) is 63.3 Å². The summed E-state index contributed by atoms with van der Waals surface area (Å²) in [4.78, 5) is 36.5. The molecule has 4 N–H and O–H groups in total. The Kier molecular flexibility index (Phi) is 7.29. The lowest BCUT2D eigenvalue weighted by atomic mass is 9.89. The first kappa shape index (κ1) is 26.0. The van der Waals surface area contributed by atoms with Gasteiger partial charge in [-0.25, -0.2) is 18.7 Å². The summed E-state index contributed by atoms with van der Waals surface area (Å²) in [5, 5.41) is 14.3. The van der Waals surface area contributed by atoms with Crippen molar-refractivity contribution in [3.63, 3.8) is 0 Å². The molecule has 2 fully saturated rings. The Labute approximate surface area is 218 Å². The standard InChI is InChI=1S/C27H31F2N5O4/c1-13-3-8-19(38-11-15-4-5-15)22(23(13)29)25-26-24(30-12-31-25)21(14(2)32-26)27(37)34-18-7-6-16(9-17(18)28)33-20(36)10-35/h3,8,12,15-18,32,35H,4-7,9-11H2,1-2H3,(H,33,36)(H,34,37)/t16-,17+,18-/m0/s1. The van der Waals surface area contributed by atoms with Gasteiger partial charge in [0.15, 0.2) is 0 Å². The Hall–Kier alpha value is -3.60. The van der Waals surface area contributed by atoms with Gasteiger partial charge in [-0.15, -0.1) is 0 Å². The second kappa shape index (κ2) is 10.6. The number of hydrogen-bond donors (Lipinski definition) is 4. The number of hydrogen-bond acceptors (Lipinski definition) is 6. The van der Waals surface area contributed by atoms with Crippen LogP contribution in [0.5, 0.6) is 5.75 Å². The molecule has 0 radical (unpaired) electrons. The van der Waals surface area contributed by atoms with E-state index in [4.69, 9.17) is 9.84 Å². The molecule has 1 aromatic carbocycles. The average molecular weight is 528 g/mol. The molecule has 3 atom stereocenters. The molecule has 0 aliphatic heterocycles. The molecule has 0 bridgehead atoms. The molecule has 2 aromatic heterocycles. The highest BCUT2D eigenvalue weighted by Crippen LogP contribution is 2.39. The highest BCUT2D eigenvalue weighted by Gasteiger charge is 2.34. The largest absolute Gasteiger partial charge is 0.492 e. The third-order valence-electron chi connectivity index (χ3n) is 7.30. The fourth-order valence-corrected chi connectivity index (χ4v) is 5.01. The number of nitrogens with zero attached hydrogens (tertiary/aromatic N) is 2. The minimum Gasteiger partial charge on any atom is -0.492 e. The van der Waals surface area contributed by atoms with Crippen LogP contribution in [0.2, 0.25) is 0 Å². The van der Waals surface area contributed by atoms with Crippen molar-refractivity contribution >= 4 is 22.8 Å². The van der Waals surface area contributed by atoms with E-state index in [-0.39, 0.29) is 23.2 Å². The maximum Gasteiger partial charge on any atom is 0.255 e. The minimum absolute atomic E-state index is 0.0339.